The Balaban J connectivity index is 2.39. The average Bonchev–Trinajstić information content (AvgIpc) is 2.52. The number of hydrogen-bond acceptors (Lipinski definition) is 3. The Hall–Kier alpha value is -2.39. The SMILES string of the molecule is CC(C)(C)OC(=O)/C(=C\c1ccccc1)[C@H](O)c1ccccc1. The summed E-state index contributed by atoms with van der Waals surface area (Å²) < 4.78 is 5.45. The van der Waals surface area contributed by atoms with E-state index in [4.69, 9.17) is 4.74 Å². The van der Waals surface area contributed by atoms with E-state index in [1.54, 1.807) is 39.0 Å². The standard InChI is InChI=1S/C20H22O3/c1-20(2,3)23-19(22)17(14-15-10-6-4-7-11-15)18(21)16-12-8-5-9-13-16/h4-14,18,21H,1-3H3/b17-14-/t18-/m1/s1. The zero-order valence-corrected chi connectivity index (χ0v) is 13.7. The third-order valence-corrected chi connectivity index (χ3v) is 3.17. The van der Waals surface area contributed by atoms with Crippen LogP contribution in [-0.4, -0.2) is 16.7 Å². The fraction of sp³-hybridized carbons (Fsp3) is 0.250. The minimum atomic E-state index is -1.04. The highest BCUT2D eigenvalue weighted by Gasteiger charge is 2.25. The van der Waals surface area contributed by atoms with Gasteiger partial charge in [0.1, 0.15) is 11.7 Å². The summed E-state index contributed by atoms with van der Waals surface area (Å²) in [6.07, 6.45) is 0.636. The third kappa shape index (κ3) is 5.08. The fourth-order valence-corrected chi connectivity index (χ4v) is 2.13. The molecule has 0 aliphatic carbocycles. The molecule has 0 aliphatic rings. The van der Waals surface area contributed by atoms with Crippen LogP contribution in [0.4, 0.5) is 0 Å². The molecule has 0 aromatic heterocycles. The van der Waals surface area contributed by atoms with Crippen molar-refractivity contribution < 1.29 is 14.6 Å². The van der Waals surface area contributed by atoms with Gasteiger partial charge in [0.25, 0.3) is 0 Å². The molecule has 0 bridgehead atoms. The molecule has 2 aromatic rings. The summed E-state index contributed by atoms with van der Waals surface area (Å²) in [6, 6.07) is 18.5. The number of hydrogen-bond donors (Lipinski definition) is 1. The fourth-order valence-electron chi connectivity index (χ4n) is 2.13. The largest absolute Gasteiger partial charge is 0.457 e. The van der Waals surface area contributed by atoms with Crippen molar-refractivity contribution >= 4 is 12.0 Å². The molecule has 0 saturated carbocycles. The van der Waals surface area contributed by atoms with E-state index >= 15 is 0 Å². The van der Waals surface area contributed by atoms with Gasteiger partial charge < -0.3 is 9.84 Å². The Labute approximate surface area is 137 Å². The second-order valence-electron chi connectivity index (χ2n) is 6.33. The number of rotatable bonds is 4. The predicted molar refractivity (Wildman–Crippen MR) is 91.7 cm³/mol. The molecule has 0 aliphatic heterocycles. The van der Waals surface area contributed by atoms with Gasteiger partial charge in [-0.3, -0.25) is 0 Å². The van der Waals surface area contributed by atoms with Crippen LogP contribution in [0.25, 0.3) is 6.08 Å². The van der Waals surface area contributed by atoms with E-state index in [9.17, 15) is 9.90 Å². The average molecular weight is 310 g/mol. The summed E-state index contributed by atoms with van der Waals surface area (Å²) in [5.74, 6) is -0.516. The Bertz CT molecular complexity index is 667. The second-order valence-corrected chi connectivity index (χ2v) is 6.33. The van der Waals surface area contributed by atoms with Crippen LogP contribution >= 0.6 is 0 Å². The van der Waals surface area contributed by atoms with Gasteiger partial charge in [0.05, 0.1) is 5.57 Å². The zero-order chi connectivity index (χ0) is 16.9. The summed E-state index contributed by atoms with van der Waals surface area (Å²) >= 11 is 0. The maximum absolute atomic E-state index is 12.5. The molecule has 0 amide bonds. The molecule has 3 nitrogen and oxygen atoms in total. The highest BCUT2D eigenvalue weighted by atomic mass is 16.6. The molecular weight excluding hydrogens is 288 g/mol. The van der Waals surface area contributed by atoms with E-state index < -0.39 is 17.7 Å². The van der Waals surface area contributed by atoms with Crippen molar-refractivity contribution in [3.8, 4) is 0 Å². The molecule has 0 heterocycles. The van der Waals surface area contributed by atoms with Crippen molar-refractivity contribution in [1.29, 1.82) is 0 Å². The molecule has 0 radical (unpaired) electrons. The van der Waals surface area contributed by atoms with Gasteiger partial charge in [-0.05, 0) is 38.0 Å². The first-order valence-electron chi connectivity index (χ1n) is 7.60. The van der Waals surface area contributed by atoms with Gasteiger partial charge in [0.2, 0.25) is 0 Å². The molecule has 23 heavy (non-hydrogen) atoms. The van der Waals surface area contributed by atoms with Gasteiger partial charge in [0.15, 0.2) is 0 Å². The van der Waals surface area contributed by atoms with Crippen LogP contribution in [0.15, 0.2) is 66.2 Å². The van der Waals surface area contributed by atoms with Crippen LogP contribution in [0.5, 0.6) is 0 Å². The van der Waals surface area contributed by atoms with Crippen molar-refractivity contribution in [2.24, 2.45) is 0 Å². The maximum Gasteiger partial charge on any atom is 0.337 e. The highest BCUT2D eigenvalue weighted by molar-refractivity contribution is 5.95. The number of carbonyl (C=O) groups excluding carboxylic acids is 1. The van der Waals surface area contributed by atoms with Crippen LogP contribution in [0.3, 0.4) is 0 Å². The summed E-state index contributed by atoms with van der Waals surface area (Å²) in [5, 5.41) is 10.6. The number of benzene rings is 2. The van der Waals surface area contributed by atoms with E-state index in [2.05, 4.69) is 0 Å². The minimum absolute atomic E-state index is 0.220. The number of carbonyl (C=O) groups is 1. The van der Waals surface area contributed by atoms with Crippen molar-refractivity contribution in [3.05, 3.63) is 77.4 Å². The highest BCUT2D eigenvalue weighted by Crippen LogP contribution is 2.26. The van der Waals surface area contributed by atoms with Crippen molar-refractivity contribution in [2.75, 3.05) is 0 Å². The summed E-state index contributed by atoms with van der Waals surface area (Å²) in [7, 11) is 0. The first kappa shape index (κ1) is 17.0. The molecule has 0 unspecified atom stereocenters. The minimum Gasteiger partial charge on any atom is -0.457 e. The summed E-state index contributed by atoms with van der Waals surface area (Å²) in [6.45, 7) is 5.42. The lowest BCUT2D eigenvalue weighted by molar-refractivity contribution is -0.151. The van der Waals surface area contributed by atoms with Gasteiger partial charge >= 0.3 is 5.97 Å². The Morgan fingerprint density at radius 2 is 1.52 bits per heavy atom. The van der Waals surface area contributed by atoms with E-state index in [0.717, 1.165) is 5.56 Å². The van der Waals surface area contributed by atoms with Crippen LogP contribution < -0.4 is 0 Å². The van der Waals surface area contributed by atoms with E-state index in [1.807, 2.05) is 48.5 Å². The number of esters is 1. The number of aliphatic hydroxyl groups excluding tert-OH is 1. The predicted octanol–water partition coefficient (Wildman–Crippen LogP) is 4.15. The molecule has 0 spiro atoms. The Morgan fingerprint density at radius 1 is 1.00 bits per heavy atom. The topological polar surface area (TPSA) is 46.5 Å². The quantitative estimate of drug-likeness (QED) is 0.682. The van der Waals surface area contributed by atoms with Crippen LogP contribution in [0, 0.1) is 0 Å². The van der Waals surface area contributed by atoms with Crippen LogP contribution in [0.1, 0.15) is 38.0 Å². The van der Waals surface area contributed by atoms with Gasteiger partial charge in [-0.1, -0.05) is 60.7 Å². The molecule has 1 N–H and O–H groups in total. The molecule has 120 valence electrons. The van der Waals surface area contributed by atoms with E-state index in [1.165, 1.54) is 0 Å². The van der Waals surface area contributed by atoms with Crippen LogP contribution in [0.2, 0.25) is 0 Å². The molecule has 0 saturated heterocycles. The lowest BCUT2D eigenvalue weighted by Crippen LogP contribution is -2.26. The van der Waals surface area contributed by atoms with Crippen molar-refractivity contribution in [3.63, 3.8) is 0 Å². The number of aliphatic hydroxyl groups is 1. The first-order valence-corrected chi connectivity index (χ1v) is 7.60. The van der Waals surface area contributed by atoms with Gasteiger partial charge in [-0.25, -0.2) is 4.79 Å². The van der Waals surface area contributed by atoms with Gasteiger partial charge in [-0.2, -0.15) is 0 Å². The van der Waals surface area contributed by atoms with E-state index in [-0.39, 0.29) is 5.57 Å². The summed E-state index contributed by atoms with van der Waals surface area (Å²) in [5.41, 5.74) is 1.09. The monoisotopic (exact) mass is 310 g/mol. The smallest absolute Gasteiger partial charge is 0.337 e. The molecule has 2 aromatic carbocycles. The van der Waals surface area contributed by atoms with E-state index in [0.29, 0.717) is 5.56 Å². The Morgan fingerprint density at radius 3 is 2.04 bits per heavy atom. The Kier molecular flexibility index (Phi) is 5.35. The summed E-state index contributed by atoms with van der Waals surface area (Å²) in [4.78, 5) is 12.5. The second kappa shape index (κ2) is 7.25. The first-order chi connectivity index (χ1) is 10.9. The lowest BCUT2D eigenvalue weighted by Gasteiger charge is -2.22. The lowest BCUT2D eigenvalue weighted by atomic mass is 9.99. The van der Waals surface area contributed by atoms with Crippen molar-refractivity contribution in [2.45, 2.75) is 32.5 Å². The van der Waals surface area contributed by atoms with Gasteiger partial charge in [0, 0.05) is 0 Å². The molecule has 0 fully saturated rings. The van der Waals surface area contributed by atoms with Crippen molar-refractivity contribution in [1.82, 2.24) is 0 Å². The normalized spacial score (nSPS) is 13.5. The number of ether oxygens (including phenoxy) is 1. The van der Waals surface area contributed by atoms with Gasteiger partial charge in [-0.15, -0.1) is 0 Å². The molecule has 2 rings (SSSR count). The zero-order valence-electron chi connectivity index (χ0n) is 13.7. The maximum atomic E-state index is 12.5. The molecule has 1 atom stereocenters. The molecular formula is C20H22O3. The van der Waals surface area contributed by atoms with Crippen LogP contribution in [-0.2, 0) is 9.53 Å². The molecule has 3 heteroatoms. The third-order valence-electron chi connectivity index (χ3n) is 3.17.